The monoisotopic (exact) mass is 410 g/mol. The van der Waals surface area contributed by atoms with Gasteiger partial charge in [0.15, 0.2) is 0 Å². The summed E-state index contributed by atoms with van der Waals surface area (Å²) in [5.41, 5.74) is 1.65. The predicted molar refractivity (Wildman–Crippen MR) is 113 cm³/mol. The second kappa shape index (κ2) is 9.74. The average molecular weight is 410 g/mol. The fourth-order valence-corrected chi connectivity index (χ4v) is 3.53. The molecule has 0 amide bonds. The van der Waals surface area contributed by atoms with Gasteiger partial charge in [-0.3, -0.25) is 0 Å². The van der Waals surface area contributed by atoms with Crippen LogP contribution >= 0.6 is 0 Å². The summed E-state index contributed by atoms with van der Waals surface area (Å²) >= 11 is 0. The highest BCUT2D eigenvalue weighted by molar-refractivity contribution is 5.60. The lowest BCUT2D eigenvalue weighted by molar-refractivity contribution is 0.0638. The van der Waals surface area contributed by atoms with Crippen molar-refractivity contribution in [1.82, 2.24) is 10.1 Å². The molecule has 1 aromatic heterocycles. The lowest BCUT2D eigenvalue weighted by Crippen LogP contribution is -2.31. The first-order valence-corrected chi connectivity index (χ1v) is 10.7. The number of rotatable bonds is 8. The predicted octanol–water partition coefficient (Wildman–Crippen LogP) is 6.24. The zero-order chi connectivity index (χ0) is 20.8. The standard InChI is InChI=1S/C24H27FN2O3/c1-2-3-16-28-19-12-10-18(11-13-19)24-26-23(27-30-24)17-8-14-20(15-9-17)29-22-7-5-4-6-21(22)25/h8-15,21-22H,2-7,16H2,1H3. The van der Waals surface area contributed by atoms with Gasteiger partial charge < -0.3 is 14.0 Å². The molecule has 0 radical (unpaired) electrons. The van der Waals surface area contributed by atoms with Crippen molar-refractivity contribution < 1.29 is 18.4 Å². The van der Waals surface area contributed by atoms with E-state index >= 15 is 0 Å². The summed E-state index contributed by atoms with van der Waals surface area (Å²) in [4.78, 5) is 4.49. The molecule has 0 saturated heterocycles. The molecule has 2 atom stereocenters. The molecular weight excluding hydrogens is 383 g/mol. The molecule has 4 rings (SSSR count). The maximum Gasteiger partial charge on any atom is 0.258 e. The molecule has 1 saturated carbocycles. The van der Waals surface area contributed by atoms with Gasteiger partial charge in [0.25, 0.3) is 5.89 Å². The number of hydrogen-bond donors (Lipinski definition) is 0. The van der Waals surface area contributed by atoms with Gasteiger partial charge in [-0.2, -0.15) is 4.98 Å². The van der Waals surface area contributed by atoms with E-state index in [0.717, 1.165) is 49.0 Å². The van der Waals surface area contributed by atoms with Crippen molar-refractivity contribution in [3.63, 3.8) is 0 Å². The largest absolute Gasteiger partial charge is 0.494 e. The van der Waals surface area contributed by atoms with Gasteiger partial charge in [0.1, 0.15) is 23.8 Å². The normalized spacial score (nSPS) is 18.9. The van der Waals surface area contributed by atoms with E-state index in [9.17, 15) is 4.39 Å². The Bertz CT molecular complexity index is 924. The van der Waals surface area contributed by atoms with Gasteiger partial charge in [-0.15, -0.1) is 0 Å². The van der Waals surface area contributed by atoms with Gasteiger partial charge in [-0.05, 0) is 74.2 Å². The molecule has 2 aromatic carbocycles. The van der Waals surface area contributed by atoms with E-state index < -0.39 is 6.17 Å². The van der Waals surface area contributed by atoms with Crippen LogP contribution in [0.15, 0.2) is 53.1 Å². The third-order valence-electron chi connectivity index (χ3n) is 5.32. The molecule has 158 valence electrons. The van der Waals surface area contributed by atoms with Gasteiger partial charge in [-0.25, -0.2) is 4.39 Å². The van der Waals surface area contributed by atoms with E-state index in [1.54, 1.807) is 0 Å². The van der Waals surface area contributed by atoms with Crippen LogP contribution in [0.1, 0.15) is 45.4 Å². The molecule has 0 bridgehead atoms. The number of nitrogens with zero attached hydrogens (tertiary/aromatic N) is 2. The Labute approximate surface area is 176 Å². The van der Waals surface area contributed by atoms with Gasteiger partial charge in [0, 0.05) is 11.1 Å². The SMILES string of the molecule is CCCCOc1ccc(-c2nc(-c3ccc(OC4CCCCC4F)cc3)no2)cc1. The third kappa shape index (κ3) is 4.99. The Balaban J connectivity index is 1.39. The summed E-state index contributed by atoms with van der Waals surface area (Å²) in [6.07, 6.45) is 4.20. The van der Waals surface area contributed by atoms with Crippen LogP contribution in [-0.4, -0.2) is 29.0 Å². The van der Waals surface area contributed by atoms with Crippen LogP contribution in [0.25, 0.3) is 22.8 Å². The summed E-state index contributed by atoms with van der Waals surface area (Å²) in [5, 5.41) is 4.09. The summed E-state index contributed by atoms with van der Waals surface area (Å²) in [6, 6.07) is 15.0. The van der Waals surface area contributed by atoms with E-state index in [0.29, 0.717) is 30.5 Å². The highest BCUT2D eigenvalue weighted by atomic mass is 19.1. The van der Waals surface area contributed by atoms with E-state index in [-0.39, 0.29) is 6.10 Å². The fraction of sp³-hybridized carbons (Fsp3) is 0.417. The summed E-state index contributed by atoms with van der Waals surface area (Å²) in [7, 11) is 0. The molecule has 0 spiro atoms. The Morgan fingerprint density at radius 1 is 0.967 bits per heavy atom. The van der Waals surface area contributed by atoms with E-state index in [1.165, 1.54) is 0 Å². The first kappa shape index (κ1) is 20.4. The molecular formula is C24H27FN2O3. The van der Waals surface area contributed by atoms with E-state index in [1.807, 2.05) is 48.5 Å². The molecule has 1 aliphatic carbocycles. The quantitative estimate of drug-likeness (QED) is 0.411. The van der Waals surface area contributed by atoms with Gasteiger partial charge in [0.2, 0.25) is 5.82 Å². The van der Waals surface area contributed by atoms with Crippen molar-refractivity contribution in [3.05, 3.63) is 48.5 Å². The number of benzene rings is 2. The molecule has 5 nitrogen and oxygen atoms in total. The highest BCUT2D eigenvalue weighted by Gasteiger charge is 2.26. The van der Waals surface area contributed by atoms with Crippen molar-refractivity contribution in [2.45, 2.75) is 57.7 Å². The smallest absolute Gasteiger partial charge is 0.258 e. The minimum atomic E-state index is -0.887. The van der Waals surface area contributed by atoms with Gasteiger partial charge in [-0.1, -0.05) is 24.9 Å². The second-order valence-corrected chi connectivity index (χ2v) is 7.63. The first-order valence-electron chi connectivity index (χ1n) is 10.7. The molecule has 0 aliphatic heterocycles. The summed E-state index contributed by atoms with van der Waals surface area (Å²) in [5.74, 6) is 2.44. The lowest BCUT2D eigenvalue weighted by Gasteiger charge is -2.26. The Hall–Kier alpha value is -2.89. The number of aromatic nitrogens is 2. The minimum absolute atomic E-state index is 0.352. The van der Waals surface area contributed by atoms with Crippen LogP contribution in [0.5, 0.6) is 11.5 Å². The topological polar surface area (TPSA) is 57.4 Å². The minimum Gasteiger partial charge on any atom is -0.494 e. The zero-order valence-electron chi connectivity index (χ0n) is 17.2. The average Bonchev–Trinajstić information content (AvgIpc) is 3.27. The van der Waals surface area contributed by atoms with Crippen LogP contribution in [0, 0.1) is 0 Å². The number of alkyl halides is 1. The lowest BCUT2D eigenvalue weighted by atomic mass is 9.96. The first-order chi connectivity index (χ1) is 14.7. The Morgan fingerprint density at radius 3 is 2.40 bits per heavy atom. The van der Waals surface area contributed by atoms with Gasteiger partial charge in [0.05, 0.1) is 6.61 Å². The zero-order valence-corrected chi connectivity index (χ0v) is 17.2. The maximum absolute atomic E-state index is 14.0. The molecule has 2 unspecified atom stereocenters. The summed E-state index contributed by atoms with van der Waals surface area (Å²) < 4.78 is 30.9. The van der Waals surface area contributed by atoms with Gasteiger partial charge >= 0.3 is 0 Å². The van der Waals surface area contributed by atoms with E-state index in [2.05, 4.69) is 17.1 Å². The Morgan fingerprint density at radius 2 is 1.67 bits per heavy atom. The molecule has 1 aliphatic rings. The Kier molecular flexibility index (Phi) is 6.62. The van der Waals surface area contributed by atoms with Crippen molar-refractivity contribution in [1.29, 1.82) is 0 Å². The van der Waals surface area contributed by atoms with Crippen molar-refractivity contribution in [2.75, 3.05) is 6.61 Å². The van der Waals surface area contributed by atoms with Crippen molar-refractivity contribution >= 4 is 0 Å². The third-order valence-corrected chi connectivity index (χ3v) is 5.32. The van der Waals surface area contributed by atoms with Crippen molar-refractivity contribution in [3.8, 4) is 34.3 Å². The molecule has 30 heavy (non-hydrogen) atoms. The van der Waals surface area contributed by atoms with Crippen LogP contribution in [0.3, 0.4) is 0 Å². The molecule has 1 fully saturated rings. The van der Waals surface area contributed by atoms with E-state index in [4.69, 9.17) is 14.0 Å². The van der Waals surface area contributed by atoms with Crippen LogP contribution < -0.4 is 9.47 Å². The number of hydrogen-bond acceptors (Lipinski definition) is 5. The van der Waals surface area contributed by atoms with Crippen LogP contribution in [-0.2, 0) is 0 Å². The number of unbranched alkanes of at least 4 members (excludes halogenated alkanes) is 1. The molecule has 3 aromatic rings. The fourth-order valence-electron chi connectivity index (χ4n) is 3.53. The molecule has 1 heterocycles. The van der Waals surface area contributed by atoms with Crippen LogP contribution in [0.2, 0.25) is 0 Å². The van der Waals surface area contributed by atoms with Crippen molar-refractivity contribution in [2.24, 2.45) is 0 Å². The maximum atomic E-state index is 14.0. The number of halogens is 1. The molecule has 6 heteroatoms. The van der Waals surface area contributed by atoms with Crippen LogP contribution in [0.4, 0.5) is 4.39 Å². The summed E-state index contributed by atoms with van der Waals surface area (Å²) in [6.45, 7) is 2.85. The number of ether oxygens (including phenoxy) is 2. The second-order valence-electron chi connectivity index (χ2n) is 7.63. The molecule has 0 N–H and O–H groups in total. The highest BCUT2D eigenvalue weighted by Crippen LogP contribution is 2.28.